The lowest BCUT2D eigenvalue weighted by molar-refractivity contribution is -0.138. The maximum absolute atomic E-state index is 12.6. The summed E-state index contributed by atoms with van der Waals surface area (Å²) in [7, 11) is 0. The van der Waals surface area contributed by atoms with Gasteiger partial charge in [0.2, 0.25) is 0 Å². The van der Waals surface area contributed by atoms with Crippen molar-refractivity contribution in [1.29, 1.82) is 5.26 Å². The molecule has 0 radical (unpaired) electrons. The van der Waals surface area contributed by atoms with Crippen LogP contribution in [-0.2, 0) is 11.7 Å². The standard InChI is InChI=1S/C10H9F3N2/c1-9(15,6-14)7-4-2-3-5-8(7)10(11,12)13/h2-5H,15H2,1H3. The fourth-order valence-corrected chi connectivity index (χ4v) is 1.24. The van der Waals surface area contributed by atoms with Crippen molar-refractivity contribution in [3.8, 4) is 6.07 Å². The van der Waals surface area contributed by atoms with Gasteiger partial charge in [0.05, 0.1) is 11.6 Å². The van der Waals surface area contributed by atoms with Crippen molar-refractivity contribution in [3.63, 3.8) is 0 Å². The van der Waals surface area contributed by atoms with Crippen molar-refractivity contribution in [1.82, 2.24) is 0 Å². The predicted octanol–water partition coefficient (Wildman–Crippen LogP) is 2.40. The normalized spacial score (nSPS) is 15.5. The van der Waals surface area contributed by atoms with E-state index < -0.39 is 17.3 Å². The first-order valence-electron chi connectivity index (χ1n) is 4.16. The number of nitriles is 1. The quantitative estimate of drug-likeness (QED) is 0.780. The lowest BCUT2D eigenvalue weighted by Gasteiger charge is -2.21. The van der Waals surface area contributed by atoms with Gasteiger partial charge in [-0.1, -0.05) is 18.2 Å². The van der Waals surface area contributed by atoms with Crippen molar-refractivity contribution in [2.45, 2.75) is 18.6 Å². The van der Waals surface area contributed by atoms with Gasteiger partial charge in [0.1, 0.15) is 5.54 Å². The van der Waals surface area contributed by atoms with Gasteiger partial charge in [-0.05, 0) is 18.6 Å². The maximum Gasteiger partial charge on any atom is 0.416 e. The van der Waals surface area contributed by atoms with Crippen molar-refractivity contribution in [3.05, 3.63) is 35.4 Å². The van der Waals surface area contributed by atoms with E-state index in [-0.39, 0.29) is 5.56 Å². The molecule has 1 aromatic carbocycles. The second kappa shape index (κ2) is 3.55. The Hall–Kier alpha value is -1.54. The Bertz CT molecular complexity index is 402. The fourth-order valence-electron chi connectivity index (χ4n) is 1.24. The van der Waals surface area contributed by atoms with E-state index in [1.165, 1.54) is 25.1 Å². The van der Waals surface area contributed by atoms with Crippen molar-refractivity contribution < 1.29 is 13.2 Å². The first-order chi connectivity index (χ1) is 6.79. The number of alkyl halides is 3. The second-order valence-corrected chi connectivity index (χ2v) is 3.36. The Morgan fingerprint density at radius 3 is 2.07 bits per heavy atom. The van der Waals surface area contributed by atoms with Crippen LogP contribution < -0.4 is 5.73 Å². The summed E-state index contributed by atoms with van der Waals surface area (Å²) in [5, 5.41) is 8.70. The zero-order valence-electron chi connectivity index (χ0n) is 7.97. The van der Waals surface area contributed by atoms with Crippen molar-refractivity contribution >= 4 is 0 Å². The van der Waals surface area contributed by atoms with Gasteiger partial charge in [0, 0.05) is 0 Å². The number of benzene rings is 1. The van der Waals surface area contributed by atoms with Crippen molar-refractivity contribution in [2.24, 2.45) is 5.73 Å². The van der Waals surface area contributed by atoms with E-state index in [1.54, 1.807) is 6.07 Å². The molecule has 0 aromatic heterocycles. The van der Waals surface area contributed by atoms with E-state index in [2.05, 4.69) is 0 Å². The Morgan fingerprint density at radius 2 is 1.67 bits per heavy atom. The largest absolute Gasteiger partial charge is 0.416 e. The van der Waals surface area contributed by atoms with Gasteiger partial charge in [-0.25, -0.2) is 0 Å². The van der Waals surface area contributed by atoms with Crippen LogP contribution >= 0.6 is 0 Å². The van der Waals surface area contributed by atoms with Crippen LogP contribution in [0, 0.1) is 11.3 Å². The fraction of sp³-hybridized carbons (Fsp3) is 0.300. The number of rotatable bonds is 1. The van der Waals surface area contributed by atoms with Gasteiger partial charge in [0.25, 0.3) is 0 Å². The summed E-state index contributed by atoms with van der Waals surface area (Å²) in [5.41, 5.74) is 2.77. The average Bonchev–Trinajstić information content (AvgIpc) is 2.16. The Balaban J connectivity index is 3.39. The van der Waals surface area contributed by atoms with Crippen LogP contribution in [0.2, 0.25) is 0 Å². The van der Waals surface area contributed by atoms with Gasteiger partial charge in [-0.15, -0.1) is 0 Å². The molecule has 1 aromatic rings. The van der Waals surface area contributed by atoms with Crippen LogP contribution in [0.15, 0.2) is 24.3 Å². The van der Waals surface area contributed by atoms with E-state index in [1.807, 2.05) is 0 Å². The molecule has 1 rings (SSSR count). The third-order valence-electron chi connectivity index (χ3n) is 2.02. The first-order valence-corrected chi connectivity index (χ1v) is 4.16. The molecule has 2 N–H and O–H groups in total. The molecule has 0 aliphatic rings. The summed E-state index contributed by atoms with van der Waals surface area (Å²) in [6, 6.07) is 6.46. The number of hydrogen-bond acceptors (Lipinski definition) is 2. The summed E-state index contributed by atoms with van der Waals surface area (Å²) in [4.78, 5) is 0. The highest BCUT2D eigenvalue weighted by Crippen LogP contribution is 2.35. The molecule has 0 aliphatic carbocycles. The van der Waals surface area contributed by atoms with Crippen LogP contribution in [0.1, 0.15) is 18.1 Å². The average molecular weight is 214 g/mol. The molecule has 0 saturated carbocycles. The molecule has 0 aliphatic heterocycles. The molecule has 15 heavy (non-hydrogen) atoms. The number of halogens is 3. The molecular weight excluding hydrogens is 205 g/mol. The maximum atomic E-state index is 12.6. The number of nitrogens with two attached hydrogens (primary N) is 1. The van der Waals surface area contributed by atoms with Crippen LogP contribution in [-0.4, -0.2) is 0 Å². The van der Waals surface area contributed by atoms with E-state index in [0.717, 1.165) is 6.07 Å². The zero-order valence-corrected chi connectivity index (χ0v) is 7.97. The highest BCUT2D eigenvalue weighted by atomic mass is 19.4. The lowest BCUT2D eigenvalue weighted by atomic mass is 9.90. The molecule has 0 bridgehead atoms. The lowest BCUT2D eigenvalue weighted by Crippen LogP contribution is -2.33. The Labute approximate surface area is 85.1 Å². The topological polar surface area (TPSA) is 49.8 Å². The zero-order chi connectivity index (χ0) is 11.7. The Morgan fingerprint density at radius 1 is 1.20 bits per heavy atom. The van der Waals surface area contributed by atoms with Crippen LogP contribution in [0.25, 0.3) is 0 Å². The van der Waals surface area contributed by atoms with Gasteiger partial charge >= 0.3 is 6.18 Å². The predicted molar refractivity (Wildman–Crippen MR) is 48.6 cm³/mol. The molecule has 1 unspecified atom stereocenters. The summed E-state index contributed by atoms with van der Waals surface area (Å²) < 4.78 is 37.7. The van der Waals surface area contributed by atoms with Crippen LogP contribution in [0.5, 0.6) is 0 Å². The minimum absolute atomic E-state index is 0.208. The van der Waals surface area contributed by atoms with E-state index >= 15 is 0 Å². The molecule has 0 saturated heterocycles. The van der Waals surface area contributed by atoms with Gasteiger partial charge in [-0.2, -0.15) is 18.4 Å². The summed E-state index contributed by atoms with van der Waals surface area (Å²) >= 11 is 0. The van der Waals surface area contributed by atoms with E-state index in [9.17, 15) is 13.2 Å². The molecule has 0 heterocycles. The first kappa shape index (κ1) is 11.5. The molecule has 0 spiro atoms. The van der Waals surface area contributed by atoms with Gasteiger partial charge in [-0.3, -0.25) is 0 Å². The minimum atomic E-state index is -4.49. The SMILES string of the molecule is CC(N)(C#N)c1ccccc1C(F)(F)F. The van der Waals surface area contributed by atoms with Crippen LogP contribution in [0.3, 0.4) is 0 Å². The Kier molecular flexibility index (Phi) is 2.73. The van der Waals surface area contributed by atoms with E-state index in [4.69, 9.17) is 11.0 Å². The van der Waals surface area contributed by atoms with Gasteiger partial charge < -0.3 is 5.73 Å². The molecule has 5 heteroatoms. The van der Waals surface area contributed by atoms with E-state index in [0.29, 0.717) is 0 Å². The summed E-state index contributed by atoms with van der Waals surface area (Å²) in [5.74, 6) is 0. The third-order valence-corrected chi connectivity index (χ3v) is 2.02. The summed E-state index contributed by atoms with van der Waals surface area (Å²) in [6.45, 7) is 1.25. The minimum Gasteiger partial charge on any atom is -0.310 e. The third kappa shape index (κ3) is 2.28. The molecule has 1 atom stereocenters. The number of hydrogen-bond donors (Lipinski definition) is 1. The highest BCUT2D eigenvalue weighted by Gasteiger charge is 2.37. The molecule has 0 fully saturated rings. The second-order valence-electron chi connectivity index (χ2n) is 3.36. The summed E-state index contributed by atoms with van der Waals surface area (Å²) in [6.07, 6.45) is -4.49. The molecule has 2 nitrogen and oxygen atoms in total. The molecular formula is C10H9F3N2. The molecule has 0 amide bonds. The highest BCUT2D eigenvalue weighted by molar-refractivity contribution is 5.38. The van der Waals surface area contributed by atoms with Gasteiger partial charge in [0.15, 0.2) is 0 Å². The monoisotopic (exact) mass is 214 g/mol. The molecule has 80 valence electrons. The number of nitrogens with zero attached hydrogens (tertiary/aromatic N) is 1. The van der Waals surface area contributed by atoms with Crippen molar-refractivity contribution in [2.75, 3.05) is 0 Å². The van der Waals surface area contributed by atoms with Crippen LogP contribution in [0.4, 0.5) is 13.2 Å². The smallest absolute Gasteiger partial charge is 0.310 e.